The van der Waals surface area contributed by atoms with Gasteiger partial charge in [-0.15, -0.1) is 0 Å². The van der Waals surface area contributed by atoms with Crippen molar-refractivity contribution in [3.63, 3.8) is 0 Å². The van der Waals surface area contributed by atoms with E-state index in [4.69, 9.17) is 4.74 Å². The van der Waals surface area contributed by atoms with Crippen LogP contribution >= 0.6 is 0 Å². The number of fused-ring (bicyclic) bond motifs is 1. The molecule has 2 fully saturated rings. The number of morpholine rings is 1. The fraction of sp³-hybridized carbons (Fsp3) is 0.478. The molecule has 5 rings (SSSR count). The van der Waals surface area contributed by atoms with Crippen LogP contribution in [0.25, 0.3) is 22.2 Å². The maximum absolute atomic E-state index is 11.6. The number of anilines is 1. The Morgan fingerprint density at radius 1 is 1.16 bits per heavy atom. The van der Waals surface area contributed by atoms with Gasteiger partial charge in [0.2, 0.25) is 0 Å². The number of nitrogens with one attached hydrogen (secondary N) is 1. The first kappa shape index (κ1) is 20.8. The molecule has 0 bridgehead atoms. The van der Waals surface area contributed by atoms with Crippen LogP contribution in [-0.4, -0.2) is 74.1 Å². The number of hydrogen-bond acceptors (Lipinski definition) is 7. The molecule has 0 spiro atoms. The van der Waals surface area contributed by atoms with Gasteiger partial charge in [0, 0.05) is 49.4 Å². The van der Waals surface area contributed by atoms with Gasteiger partial charge in [0.15, 0.2) is 0 Å². The standard InChI is InChI=1S/C23H28N6O3/c1-28-13-19(23(30)31)21(27-28)15-2-7-20-18(12-15)22(25-14-24-20)26-16-3-5-17(6-4-16)29-8-10-32-11-9-29/h2,7,12-14,16-17H,3-6,8-11H2,1H3,(H,30,31)(H,24,25,26)/t16-,17-. The summed E-state index contributed by atoms with van der Waals surface area (Å²) < 4.78 is 7.01. The summed E-state index contributed by atoms with van der Waals surface area (Å²) in [5.74, 6) is -0.202. The van der Waals surface area contributed by atoms with E-state index in [1.54, 1.807) is 13.4 Å². The Morgan fingerprint density at radius 3 is 2.69 bits per heavy atom. The number of rotatable bonds is 5. The van der Waals surface area contributed by atoms with E-state index in [2.05, 4.69) is 25.3 Å². The molecule has 0 atom stereocenters. The smallest absolute Gasteiger partial charge is 0.339 e. The van der Waals surface area contributed by atoms with Gasteiger partial charge in [-0.2, -0.15) is 5.10 Å². The third-order valence-corrected chi connectivity index (χ3v) is 6.57. The maximum Gasteiger partial charge on any atom is 0.339 e. The molecule has 9 nitrogen and oxygen atoms in total. The maximum atomic E-state index is 11.6. The summed E-state index contributed by atoms with van der Waals surface area (Å²) in [5.41, 5.74) is 2.19. The van der Waals surface area contributed by atoms with Crippen LogP contribution in [0.4, 0.5) is 5.82 Å². The molecule has 2 aromatic heterocycles. The van der Waals surface area contributed by atoms with E-state index in [9.17, 15) is 9.90 Å². The first-order valence-electron chi connectivity index (χ1n) is 11.2. The van der Waals surface area contributed by atoms with Gasteiger partial charge < -0.3 is 15.2 Å². The number of carboxylic acids is 1. The van der Waals surface area contributed by atoms with Crippen LogP contribution < -0.4 is 5.32 Å². The molecular formula is C23H28N6O3. The zero-order chi connectivity index (χ0) is 22.1. The van der Waals surface area contributed by atoms with Crippen LogP contribution in [0, 0.1) is 0 Å². The Labute approximate surface area is 186 Å². The van der Waals surface area contributed by atoms with Gasteiger partial charge in [-0.25, -0.2) is 14.8 Å². The second kappa shape index (κ2) is 8.84. The van der Waals surface area contributed by atoms with E-state index in [1.807, 2.05) is 18.2 Å². The van der Waals surface area contributed by atoms with E-state index >= 15 is 0 Å². The van der Waals surface area contributed by atoms with Crippen molar-refractivity contribution in [2.24, 2.45) is 7.05 Å². The van der Waals surface area contributed by atoms with Gasteiger partial charge >= 0.3 is 5.97 Å². The summed E-state index contributed by atoms with van der Waals surface area (Å²) in [6, 6.07) is 6.70. The number of nitrogens with zero attached hydrogens (tertiary/aromatic N) is 5. The van der Waals surface area contributed by atoms with E-state index in [1.165, 1.54) is 23.7 Å². The minimum Gasteiger partial charge on any atom is -0.478 e. The lowest BCUT2D eigenvalue weighted by atomic mass is 9.90. The highest BCUT2D eigenvalue weighted by atomic mass is 16.5. The van der Waals surface area contributed by atoms with E-state index in [0.717, 1.165) is 61.4 Å². The number of hydrogen-bond donors (Lipinski definition) is 2. The number of carboxylic acid groups (broad SMARTS) is 1. The zero-order valence-electron chi connectivity index (χ0n) is 18.2. The summed E-state index contributed by atoms with van der Waals surface area (Å²) in [7, 11) is 1.72. The van der Waals surface area contributed by atoms with Crippen molar-refractivity contribution in [2.75, 3.05) is 31.6 Å². The molecule has 1 aromatic carbocycles. The van der Waals surface area contributed by atoms with Crippen LogP contribution in [0.15, 0.2) is 30.7 Å². The molecule has 2 N–H and O–H groups in total. The molecule has 1 aliphatic carbocycles. The van der Waals surface area contributed by atoms with E-state index in [-0.39, 0.29) is 5.56 Å². The molecule has 1 saturated carbocycles. The summed E-state index contributed by atoms with van der Waals surface area (Å²) in [6.07, 6.45) is 7.62. The molecule has 3 heterocycles. The van der Waals surface area contributed by atoms with Crippen LogP contribution in [-0.2, 0) is 11.8 Å². The second-order valence-corrected chi connectivity index (χ2v) is 8.62. The summed E-state index contributed by atoms with van der Waals surface area (Å²) >= 11 is 0. The van der Waals surface area contributed by atoms with Gasteiger partial charge in [-0.1, -0.05) is 6.07 Å². The van der Waals surface area contributed by atoms with Gasteiger partial charge in [-0.3, -0.25) is 9.58 Å². The van der Waals surface area contributed by atoms with Gasteiger partial charge in [0.05, 0.1) is 18.7 Å². The van der Waals surface area contributed by atoms with Gasteiger partial charge in [0.1, 0.15) is 23.4 Å². The fourth-order valence-corrected chi connectivity index (χ4v) is 4.90. The Bertz CT molecular complexity index is 1120. The monoisotopic (exact) mass is 436 g/mol. The third kappa shape index (κ3) is 4.18. The Hall–Kier alpha value is -3.04. The number of benzene rings is 1. The van der Waals surface area contributed by atoms with E-state index in [0.29, 0.717) is 17.8 Å². The molecule has 168 valence electrons. The molecular weight excluding hydrogens is 408 g/mol. The van der Waals surface area contributed by atoms with Crippen LogP contribution in [0.2, 0.25) is 0 Å². The van der Waals surface area contributed by atoms with Crippen molar-refractivity contribution in [1.29, 1.82) is 0 Å². The average molecular weight is 437 g/mol. The lowest BCUT2D eigenvalue weighted by Crippen LogP contribution is -2.46. The van der Waals surface area contributed by atoms with Crippen molar-refractivity contribution < 1.29 is 14.6 Å². The predicted molar refractivity (Wildman–Crippen MR) is 121 cm³/mol. The minimum atomic E-state index is -0.993. The molecule has 0 amide bonds. The fourth-order valence-electron chi connectivity index (χ4n) is 4.90. The first-order chi connectivity index (χ1) is 15.6. The normalized spacial score (nSPS) is 22.2. The van der Waals surface area contributed by atoms with Crippen molar-refractivity contribution in [3.05, 3.63) is 36.3 Å². The lowest BCUT2D eigenvalue weighted by Gasteiger charge is -2.39. The number of aromatic nitrogens is 4. The largest absolute Gasteiger partial charge is 0.478 e. The summed E-state index contributed by atoms with van der Waals surface area (Å²) in [5, 5.41) is 18.4. The number of carbonyl (C=O) groups is 1. The van der Waals surface area contributed by atoms with E-state index < -0.39 is 5.97 Å². The Kier molecular flexibility index (Phi) is 5.75. The Balaban J connectivity index is 1.36. The Morgan fingerprint density at radius 2 is 1.94 bits per heavy atom. The van der Waals surface area contributed by atoms with Gasteiger partial charge in [0.25, 0.3) is 0 Å². The van der Waals surface area contributed by atoms with Crippen molar-refractivity contribution in [1.82, 2.24) is 24.6 Å². The number of aryl methyl sites for hydroxylation is 1. The number of aromatic carboxylic acids is 1. The lowest BCUT2D eigenvalue weighted by molar-refractivity contribution is 0.00791. The van der Waals surface area contributed by atoms with Crippen LogP contribution in [0.1, 0.15) is 36.0 Å². The van der Waals surface area contributed by atoms with Crippen molar-refractivity contribution >= 4 is 22.7 Å². The molecule has 3 aromatic rings. The van der Waals surface area contributed by atoms with Crippen molar-refractivity contribution in [2.45, 2.75) is 37.8 Å². The minimum absolute atomic E-state index is 0.180. The van der Waals surface area contributed by atoms with Crippen LogP contribution in [0.5, 0.6) is 0 Å². The zero-order valence-corrected chi connectivity index (χ0v) is 18.2. The van der Waals surface area contributed by atoms with Gasteiger partial charge in [-0.05, 0) is 37.8 Å². The SMILES string of the molecule is Cn1cc(C(=O)O)c(-c2ccc3ncnc(N[C@H]4CC[C@H](N5CCOCC5)CC4)c3c2)n1. The number of ether oxygens (including phenoxy) is 1. The molecule has 0 unspecified atom stereocenters. The quantitative estimate of drug-likeness (QED) is 0.629. The van der Waals surface area contributed by atoms with Crippen LogP contribution in [0.3, 0.4) is 0 Å². The second-order valence-electron chi connectivity index (χ2n) is 8.62. The first-order valence-corrected chi connectivity index (χ1v) is 11.2. The average Bonchev–Trinajstić information content (AvgIpc) is 3.22. The molecule has 0 radical (unpaired) electrons. The summed E-state index contributed by atoms with van der Waals surface area (Å²) in [4.78, 5) is 23.1. The highest BCUT2D eigenvalue weighted by molar-refractivity contribution is 5.97. The highest BCUT2D eigenvalue weighted by Crippen LogP contribution is 2.31. The molecule has 9 heteroatoms. The predicted octanol–water partition coefficient (Wildman–Crippen LogP) is 2.78. The molecule has 1 aliphatic heterocycles. The molecule has 1 saturated heterocycles. The molecule has 2 aliphatic rings. The third-order valence-electron chi connectivity index (χ3n) is 6.57. The topological polar surface area (TPSA) is 105 Å². The molecule has 32 heavy (non-hydrogen) atoms. The summed E-state index contributed by atoms with van der Waals surface area (Å²) in [6.45, 7) is 3.75. The highest BCUT2D eigenvalue weighted by Gasteiger charge is 2.27. The van der Waals surface area contributed by atoms with Crippen molar-refractivity contribution in [3.8, 4) is 11.3 Å².